The largest absolute Gasteiger partial charge is 0.368 e. The predicted octanol–water partition coefficient (Wildman–Crippen LogP) is 2.60. The van der Waals surface area contributed by atoms with Crippen molar-refractivity contribution >= 4 is 5.91 Å². The molecule has 2 heterocycles. The van der Waals surface area contributed by atoms with Crippen LogP contribution in [0.5, 0.6) is 0 Å². The molecule has 1 aliphatic heterocycles. The number of hydrogen-bond acceptors (Lipinski definition) is 4. The van der Waals surface area contributed by atoms with E-state index < -0.39 is 5.54 Å². The first kappa shape index (κ1) is 20.5. The van der Waals surface area contributed by atoms with Gasteiger partial charge in [0, 0.05) is 18.8 Å². The SMILES string of the molecule is Cc1ccc(C)c(C(Cc2ccncc2)(NCCC2CCNCC2)C(N)=O)c1. The lowest BCUT2D eigenvalue weighted by atomic mass is 9.80. The van der Waals surface area contributed by atoms with Crippen LogP contribution in [0.2, 0.25) is 0 Å². The molecule has 1 unspecified atom stereocenters. The van der Waals surface area contributed by atoms with Gasteiger partial charge in [-0.15, -0.1) is 0 Å². The summed E-state index contributed by atoms with van der Waals surface area (Å²) >= 11 is 0. The lowest BCUT2D eigenvalue weighted by Gasteiger charge is -2.35. The highest BCUT2D eigenvalue weighted by Gasteiger charge is 2.39. The normalized spacial score (nSPS) is 17.2. The Morgan fingerprint density at radius 2 is 1.93 bits per heavy atom. The highest BCUT2D eigenvalue weighted by atomic mass is 16.1. The molecular weight excluding hydrogens is 348 g/mol. The minimum Gasteiger partial charge on any atom is -0.368 e. The van der Waals surface area contributed by atoms with Gasteiger partial charge in [-0.3, -0.25) is 15.1 Å². The number of rotatable bonds is 8. The highest BCUT2D eigenvalue weighted by molar-refractivity contribution is 5.87. The zero-order valence-corrected chi connectivity index (χ0v) is 17.0. The smallest absolute Gasteiger partial charge is 0.242 e. The summed E-state index contributed by atoms with van der Waals surface area (Å²) in [7, 11) is 0. The van der Waals surface area contributed by atoms with Crippen LogP contribution in [0, 0.1) is 19.8 Å². The van der Waals surface area contributed by atoms with E-state index in [1.807, 2.05) is 19.1 Å². The molecule has 1 fully saturated rings. The number of nitrogens with zero attached hydrogens (tertiary/aromatic N) is 1. The van der Waals surface area contributed by atoms with Crippen LogP contribution in [-0.4, -0.2) is 30.5 Å². The monoisotopic (exact) mass is 380 g/mol. The van der Waals surface area contributed by atoms with Crippen molar-refractivity contribution < 1.29 is 4.79 Å². The van der Waals surface area contributed by atoms with Crippen molar-refractivity contribution in [3.05, 3.63) is 65.0 Å². The van der Waals surface area contributed by atoms with E-state index in [9.17, 15) is 4.79 Å². The van der Waals surface area contributed by atoms with Gasteiger partial charge in [0.1, 0.15) is 5.54 Å². The van der Waals surface area contributed by atoms with Crippen molar-refractivity contribution in [1.29, 1.82) is 0 Å². The Balaban J connectivity index is 1.90. The minimum atomic E-state index is -0.926. The number of carbonyl (C=O) groups excluding carboxylic acids is 1. The Labute approximate surface area is 168 Å². The van der Waals surface area contributed by atoms with Crippen LogP contribution >= 0.6 is 0 Å². The first-order valence-corrected chi connectivity index (χ1v) is 10.2. The molecule has 0 spiro atoms. The van der Waals surface area contributed by atoms with E-state index in [1.165, 1.54) is 12.8 Å². The summed E-state index contributed by atoms with van der Waals surface area (Å²) in [5.41, 5.74) is 9.36. The standard InChI is InChI=1S/C23H32N4O/c1-17-3-4-18(2)21(15-17)23(22(24)28,16-20-7-12-26-13-8-20)27-14-9-19-5-10-25-11-6-19/h3-4,7-8,12-13,15,19,25,27H,5-6,9-11,14,16H2,1-2H3,(H2,24,28). The molecule has 0 aliphatic carbocycles. The summed E-state index contributed by atoms with van der Waals surface area (Å²) in [4.78, 5) is 17.0. The molecule has 0 radical (unpaired) electrons. The Morgan fingerprint density at radius 3 is 2.61 bits per heavy atom. The second kappa shape index (κ2) is 9.30. The number of amides is 1. The van der Waals surface area contributed by atoms with Gasteiger partial charge in [0.15, 0.2) is 0 Å². The molecule has 5 nitrogen and oxygen atoms in total. The number of primary amides is 1. The summed E-state index contributed by atoms with van der Waals surface area (Å²) in [5.74, 6) is 0.363. The van der Waals surface area contributed by atoms with Crippen molar-refractivity contribution in [3.8, 4) is 0 Å². The summed E-state index contributed by atoms with van der Waals surface area (Å²) in [6, 6.07) is 10.2. The second-order valence-electron chi connectivity index (χ2n) is 8.03. The molecule has 3 rings (SSSR count). The summed E-state index contributed by atoms with van der Waals surface area (Å²) < 4.78 is 0. The summed E-state index contributed by atoms with van der Waals surface area (Å²) in [6.45, 7) is 7.04. The van der Waals surface area contributed by atoms with Gasteiger partial charge in [0.25, 0.3) is 0 Å². The number of benzene rings is 1. The maximum absolute atomic E-state index is 12.9. The minimum absolute atomic E-state index is 0.330. The van der Waals surface area contributed by atoms with Gasteiger partial charge in [0.05, 0.1) is 0 Å². The molecule has 0 saturated carbocycles. The van der Waals surface area contributed by atoms with Crippen molar-refractivity contribution in [2.75, 3.05) is 19.6 Å². The van der Waals surface area contributed by atoms with Gasteiger partial charge in [-0.05, 0) is 87.5 Å². The van der Waals surface area contributed by atoms with E-state index in [2.05, 4.69) is 40.7 Å². The van der Waals surface area contributed by atoms with Crippen LogP contribution in [0.25, 0.3) is 0 Å². The van der Waals surface area contributed by atoms with E-state index in [-0.39, 0.29) is 5.91 Å². The molecule has 2 aromatic rings. The predicted molar refractivity (Wildman–Crippen MR) is 113 cm³/mol. The molecule has 28 heavy (non-hydrogen) atoms. The number of nitrogens with two attached hydrogens (primary N) is 1. The molecule has 5 heteroatoms. The van der Waals surface area contributed by atoms with Crippen molar-refractivity contribution in [2.24, 2.45) is 11.7 Å². The average molecular weight is 381 g/mol. The van der Waals surface area contributed by atoms with Crippen LogP contribution < -0.4 is 16.4 Å². The fourth-order valence-corrected chi connectivity index (χ4v) is 4.22. The highest BCUT2D eigenvalue weighted by Crippen LogP contribution is 2.30. The van der Waals surface area contributed by atoms with Gasteiger partial charge >= 0.3 is 0 Å². The maximum atomic E-state index is 12.9. The Kier molecular flexibility index (Phi) is 6.81. The van der Waals surface area contributed by atoms with E-state index in [0.29, 0.717) is 12.3 Å². The first-order chi connectivity index (χ1) is 13.5. The van der Waals surface area contributed by atoms with Gasteiger partial charge in [0.2, 0.25) is 5.91 Å². The quantitative estimate of drug-likeness (QED) is 0.658. The van der Waals surface area contributed by atoms with Crippen LogP contribution in [-0.2, 0) is 16.8 Å². The fourth-order valence-electron chi connectivity index (χ4n) is 4.22. The van der Waals surface area contributed by atoms with E-state index in [4.69, 9.17) is 5.73 Å². The average Bonchev–Trinajstić information content (AvgIpc) is 2.70. The Morgan fingerprint density at radius 1 is 1.21 bits per heavy atom. The lowest BCUT2D eigenvalue weighted by molar-refractivity contribution is -0.124. The van der Waals surface area contributed by atoms with Crippen molar-refractivity contribution in [2.45, 2.75) is 45.1 Å². The molecule has 0 bridgehead atoms. The number of piperidine rings is 1. The molecular formula is C23H32N4O. The van der Waals surface area contributed by atoms with Crippen LogP contribution in [0.1, 0.15) is 41.5 Å². The van der Waals surface area contributed by atoms with Gasteiger partial charge < -0.3 is 11.1 Å². The number of hydrogen-bond donors (Lipinski definition) is 3. The van der Waals surface area contributed by atoms with Crippen LogP contribution in [0.15, 0.2) is 42.7 Å². The topological polar surface area (TPSA) is 80.0 Å². The first-order valence-electron chi connectivity index (χ1n) is 10.2. The maximum Gasteiger partial charge on any atom is 0.242 e. The number of pyridine rings is 1. The van der Waals surface area contributed by atoms with Crippen molar-refractivity contribution in [1.82, 2.24) is 15.6 Å². The zero-order chi connectivity index (χ0) is 20.0. The number of nitrogens with one attached hydrogen (secondary N) is 2. The Hall–Kier alpha value is -2.24. The van der Waals surface area contributed by atoms with Crippen LogP contribution in [0.4, 0.5) is 0 Å². The lowest BCUT2D eigenvalue weighted by Crippen LogP contribution is -2.55. The molecule has 1 amide bonds. The molecule has 4 N–H and O–H groups in total. The Bertz CT molecular complexity index is 786. The summed E-state index contributed by atoms with van der Waals surface area (Å²) in [6.07, 6.45) is 7.48. The fraction of sp³-hybridized carbons (Fsp3) is 0.478. The van der Waals surface area contributed by atoms with E-state index in [0.717, 1.165) is 48.3 Å². The molecule has 150 valence electrons. The third-order valence-corrected chi connectivity index (χ3v) is 5.93. The van der Waals surface area contributed by atoms with Gasteiger partial charge in [-0.2, -0.15) is 0 Å². The molecule has 1 aliphatic rings. The van der Waals surface area contributed by atoms with Crippen LogP contribution in [0.3, 0.4) is 0 Å². The molecule has 1 aromatic carbocycles. The molecule has 1 saturated heterocycles. The zero-order valence-electron chi connectivity index (χ0n) is 17.0. The number of aryl methyl sites for hydroxylation is 2. The molecule has 1 aromatic heterocycles. The third kappa shape index (κ3) is 4.78. The number of carbonyl (C=O) groups is 1. The van der Waals surface area contributed by atoms with E-state index >= 15 is 0 Å². The number of aromatic nitrogens is 1. The third-order valence-electron chi connectivity index (χ3n) is 5.93. The van der Waals surface area contributed by atoms with Gasteiger partial charge in [-0.1, -0.05) is 23.8 Å². The van der Waals surface area contributed by atoms with Gasteiger partial charge in [-0.25, -0.2) is 0 Å². The summed E-state index contributed by atoms with van der Waals surface area (Å²) in [5, 5.41) is 7.01. The second-order valence-corrected chi connectivity index (χ2v) is 8.03. The molecule has 1 atom stereocenters. The van der Waals surface area contributed by atoms with E-state index in [1.54, 1.807) is 12.4 Å². The van der Waals surface area contributed by atoms with Crippen molar-refractivity contribution in [3.63, 3.8) is 0 Å².